The third kappa shape index (κ3) is 4.37. The van der Waals surface area contributed by atoms with Gasteiger partial charge in [-0.05, 0) is 37.1 Å². The Morgan fingerprint density at radius 3 is 2.67 bits per heavy atom. The van der Waals surface area contributed by atoms with Gasteiger partial charge in [0.25, 0.3) is 5.56 Å². The van der Waals surface area contributed by atoms with Crippen LogP contribution in [0.1, 0.15) is 32.1 Å². The maximum Gasteiger partial charge on any atom is 0.294 e. The Morgan fingerprint density at radius 2 is 1.85 bits per heavy atom. The van der Waals surface area contributed by atoms with E-state index in [1.54, 1.807) is 18.2 Å². The Bertz CT molecular complexity index is 1230. The molecule has 1 N–H and O–H groups in total. The lowest BCUT2D eigenvalue weighted by Gasteiger charge is -2.32. The van der Waals surface area contributed by atoms with E-state index in [1.165, 1.54) is 11.0 Å². The van der Waals surface area contributed by atoms with Crippen molar-refractivity contribution in [3.05, 3.63) is 52.8 Å². The number of ether oxygens (including phenoxy) is 2. The van der Waals surface area contributed by atoms with E-state index >= 15 is 0 Å². The first-order chi connectivity index (χ1) is 16.1. The van der Waals surface area contributed by atoms with Gasteiger partial charge < -0.3 is 19.7 Å². The number of hydrogen-bond donors (Lipinski definition) is 1. The van der Waals surface area contributed by atoms with Gasteiger partial charge in [-0.2, -0.15) is 0 Å². The molecule has 1 saturated carbocycles. The van der Waals surface area contributed by atoms with Crippen molar-refractivity contribution >= 4 is 28.4 Å². The molecule has 0 radical (unpaired) electrons. The van der Waals surface area contributed by atoms with E-state index in [1.807, 2.05) is 36.2 Å². The summed E-state index contributed by atoms with van der Waals surface area (Å²) in [5.74, 6) is 1.36. The fourth-order valence-corrected chi connectivity index (χ4v) is 4.67. The Balaban J connectivity index is 1.43. The monoisotopic (exact) mass is 448 g/mol. The average Bonchev–Trinajstić information content (AvgIpc) is 2.85. The molecule has 2 heterocycles. The van der Waals surface area contributed by atoms with E-state index in [2.05, 4.69) is 10.3 Å². The van der Waals surface area contributed by atoms with Gasteiger partial charge in [-0.1, -0.05) is 31.4 Å². The number of amides is 1. The van der Waals surface area contributed by atoms with E-state index in [4.69, 9.17) is 9.47 Å². The second-order valence-electron chi connectivity index (χ2n) is 8.62. The molecule has 1 aliphatic carbocycles. The highest BCUT2D eigenvalue weighted by Gasteiger charge is 2.23. The maximum atomic E-state index is 13.5. The van der Waals surface area contributed by atoms with Gasteiger partial charge in [0.1, 0.15) is 19.8 Å². The third-order valence-corrected chi connectivity index (χ3v) is 6.42. The quantitative estimate of drug-likeness (QED) is 0.642. The number of nitrogens with zero attached hydrogens (tertiary/aromatic N) is 3. The molecule has 172 valence electrons. The number of rotatable bonds is 5. The number of carbonyl (C=O) groups excluding carboxylic acids is 1. The summed E-state index contributed by atoms with van der Waals surface area (Å²) < 4.78 is 12.6. The summed E-state index contributed by atoms with van der Waals surface area (Å²) in [5, 5.41) is 2.88. The van der Waals surface area contributed by atoms with E-state index in [0.717, 1.165) is 25.7 Å². The maximum absolute atomic E-state index is 13.5. The molecule has 1 aliphatic heterocycles. The first-order valence-corrected chi connectivity index (χ1v) is 11.5. The van der Waals surface area contributed by atoms with E-state index < -0.39 is 0 Å². The van der Waals surface area contributed by atoms with Crippen molar-refractivity contribution in [3.63, 3.8) is 0 Å². The Kier molecular flexibility index (Phi) is 5.90. The zero-order valence-corrected chi connectivity index (χ0v) is 18.8. The number of fused-ring (bicyclic) bond motifs is 2. The van der Waals surface area contributed by atoms with Gasteiger partial charge in [-0.3, -0.25) is 14.2 Å². The summed E-state index contributed by atoms with van der Waals surface area (Å²) >= 11 is 0. The number of benzene rings is 2. The van der Waals surface area contributed by atoms with Crippen LogP contribution in [0.25, 0.3) is 11.0 Å². The highest BCUT2D eigenvalue weighted by atomic mass is 16.6. The van der Waals surface area contributed by atoms with Crippen molar-refractivity contribution in [3.8, 4) is 11.5 Å². The largest absolute Gasteiger partial charge is 0.486 e. The number of nitrogens with one attached hydrogen (secondary N) is 1. The SMILES string of the molecule is CN(c1nc2ccccc2n(CC(=O)Nc2ccc3c(c2)OCCO3)c1=O)C1CCCCC1. The number of para-hydroxylation sites is 2. The average molecular weight is 449 g/mol. The van der Waals surface area contributed by atoms with Gasteiger partial charge in [-0.15, -0.1) is 0 Å². The first-order valence-electron chi connectivity index (χ1n) is 11.5. The van der Waals surface area contributed by atoms with Crippen LogP contribution in [0.2, 0.25) is 0 Å². The van der Waals surface area contributed by atoms with Crippen LogP contribution in [0.5, 0.6) is 11.5 Å². The molecule has 0 bridgehead atoms. The van der Waals surface area contributed by atoms with Gasteiger partial charge >= 0.3 is 0 Å². The van der Waals surface area contributed by atoms with Crippen LogP contribution in [-0.2, 0) is 11.3 Å². The lowest BCUT2D eigenvalue weighted by atomic mass is 9.94. The Hall–Kier alpha value is -3.55. The summed E-state index contributed by atoms with van der Waals surface area (Å²) in [7, 11) is 1.94. The Labute approximate surface area is 192 Å². The lowest BCUT2D eigenvalue weighted by molar-refractivity contribution is -0.116. The molecule has 0 unspecified atom stereocenters. The van der Waals surface area contributed by atoms with E-state index in [0.29, 0.717) is 53.3 Å². The molecule has 0 saturated heterocycles. The number of aromatic nitrogens is 2. The standard InChI is InChI=1S/C25H28N4O4/c1-28(18-7-3-2-4-8-18)24-25(31)29(20-10-6-5-9-19(20)27-24)16-23(30)26-17-11-12-21-22(15-17)33-14-13-32-21/h5-6,9-12,15,18H,2-4,7-8,13-14,16H2,1H3,(H,26,30). The summed E-state index contributed by atoms with van der Waals surface area (Å²) in [6, 6.07) is 13.0. The fraction of sp³-hybridized carbons (Fsp3) is 0.400. The normalized spacial score (nSPS) is 15.9. The molecule has 2 aromatic carbocycles. The second kappa shape index (κ2) is 9.13. The summed E-state index contributed by atoms with van der Waals surface area (Å²) in [5.41, 5.74) is 1.68. The van der Waals surface area contributed by atoms with Crippen molar-refractivity contribution in [1.29, 1.82) is 0 Å². The lowest BCUT2D eigenvalue weighted by Crippen LogP contribution is -2.40. The second-order valence-corrected chi connectivity index (χ2v) is 8.62. The van der Waals surface area contributed by atoms with E-state index in [9.17, 15) is 9.59 Å². The molecule has 5 rings (SSSR count). The van der Waals surface area contributed by atoms with Crippen LogP contribution in [-0.4, -0.2) is 41.8 Å². The van der Waals surface area contributed by atoms with Gasteiger partial charge in [0.15, 0.2) is 17.3 Å². The molecule has 1 aromatic heterocycles. The van der Waals surface area contributed by atoms with Gasteiger partial charge in [0.05, 0.1) is 11.0 Å². The minimum absolute atomic E-state index is 0.109. The van der Waals surface area contributed by atoms with Crippen molar-refractivity contribution in [2.75, 3.05) is 30.5 Å². The highest BCUT2D eigenvalue weighted by molar-refractivity contribution is 5.92. The molecule has 33 heavy (non-hydrogen) atoms. The topological polar surface area (TPSA) is 85.7 Å². The molecule has 1 amide bonds. The molecule has 0 atom stereocenters. The predicted molar refractivity (Wildman–Crippen MR) is 127 cm³/mol. The van der Waals surface area contributed by atoms with Crippen LogP contribution < -0.4 is 25.2 Å². The van der Waals surface area contributed by atoms with Crippen LogP contribution >= 0.6 is 0 Å². The van der Waals surface area contributed by atoms with Gasteiger partial charge in [0, 0.05) is 24.8 Å². The van der Waals surface area contributed by atoms with Crippen LogP contribution in [0.3, 0.4) is 0 Å². The minimum atomic E-state index is -0.295. The van der Waals surface area contributed by atoms with Crippen molar-refractivity contribution in [2.24, 2.45) is 0 Å². The molecule has 0 spiro atoms. The molecular formula is C25H28N4O4. The smallest absolute Gasteiger partial charge is 0.294 e. The van der Waals surface area contributed by atoms with Gasteiger partial charge in [0.2, 0.25) is 5.91 Å². The Morgan fingerprint density at radius 1 is 1.09 bits per heavy atom. The molecule has 1 fully saturated rings. The van der Waals surface area contributed by atoms with Crippen LogP contribution in [0.15, 0.2) is 47.3 Å². The molecule has 2 aliphatic rings. The molecular weight excluding hydrogens is 420 g/mol. The molecule has 8 heteroatoms. The number of carbonyl (C=O) groups is 1. The third-order valence-electron chi connectivity index (χ3n) is 6.42. The van der Waals surface area contributed by atoms with Gasteiger partial charge in [-0.25, -0.2) is 4.98 Å². The predicted octanol–water partition coefficient (Wildman–Crippen LogP) is 3.58. The fourth-order valence-electron chi connectivity index (χ4n) is 4.67. The van der Waals surface area contributed by atoms with Crippen molar-refractivity contribution in [2.45, 2.75) is 44.7 Å². The van der Waals surface area contributed by atoms with Crippen LogP contribution in [0.4, 0.5) is 11.5 Å². The molecule has 3 aromatic rings. The molecule has 8 nitrogen and oxygen atoms in total. The zero-order valence-electron chi connectivity index (χ0n) is 18.8. The van der Waals surface area contributed by atoms with Crippen molar-refractivity contribution < 1.29 is 14.3 Å². The first kappa shape index (κ1) is 21.3. The van der Waals surface area contributed by atoms with Crippen molar-refractivity contribution in [1.82, 2.24) is 9.55 Å². The summed E-state index contributed by atoms with van der Waals surface area (Å²) in [6.45, 7) is 0.871. The van der Waals surface area contributed by atoms with Crippen LogP contribution in [0, 0.1) is 0 Å². The zero-order chi connectivity index (χ0) is 22.8. The number of anilines is 2. The number of hydrogen-bond acceptors (Lipinski definition) is 6. The van der Waals surface area contributed by atoms with E-state index in [-0.39, 0.29) is 18.0 Å². The highest BCUT2D eigenvalue weighted by Crippen LogP contribution is 2.32. The minimum Gasteiger partial charge on any atom is -0.486 e. The summed E-state index contributed by atoms with van der Waals surface area (Å²) in [6.07, 6.45) is 5.66. The summed E-state index contributed by atoms with van der Waals surface area (Å²) in [4.78, 5) is 33.1.